The summed E-state index contributed by atoms with van der Waals surface area (Å²) in [4.78, 5) is 10.7. The van der Waals surface area contributed by atoms with Crippen LogP contribution in [0.25, 0.3) is 0 Å². The second-order valence-corrected chi connectivity index (χ2v) is 21.0. The number of hydrogen-bond donors (Lipinski definition) is 4. The monoisotopic (exact) mass is 446 g/mol. The molecule has 0 aromatic heterocycles. The smallest absolute Gasteiger partial charge is 0.191 e. The van der Waals surface area contributed by atoms with E-state index in [1.165, 1.54) is 0 Å². The summed E-state index contributed by atoms with van der Waals surface area (Å²) < 4.78 is 6.26. The maximum absolute atomic E-state index is 10.8. The van der Waals surface area contributed by atoms with E-state index < -0.39 is 28.3 Å². The van der Waals surface area contributed by atoms with Crippen molar-refractivity contribution in [3.63, 3.8) is 0 Å². The van der Waals surface area contributed by atoms with Crippen LogP contribution >= 0.6 is 0 Å². The fourth-order valence-electron chi connectivity index (χ4n) is 3.65. The lowest BCUT2D eigenvalue weighted by atomic mass is 9.70. The third kappa shape index (κ3) is 6.99. The lowest BCUT2D eigenvalue weighted by Crippen LogP contribution is -2.48. The Morgan fingerprint density at radius 3 is 2.10 bits per heavy atom. The second kappa shape index (κ2) is 9.22. The van der Waals surface area contributed by atoms with Gasteiger partial charge in [0.1, 0.15) is 0 Å². The van der Waals surface area contributed by atoms with E-state index >= 15 is 0 Å². The Labute approximate surface area is 180 Å². The molecular weight excluding hydrogens is 400 g/mol. The van der Waals surface area contributed by atoms with Crippen LogP contribution in [-0.2, 0) is 4.43 Å². The molecule has 172 valence electrons. The third-order valence-electron chi connectivity index (χ3n) is 7.53. The van der Waals surface area contributed by atoms with Gasteiger partial charge in [-0.05, 0) is 67.0 Å². The summed E-state index contributed by atoms with van der Waals surface area (Å²) in [6.45, 7) is 19.4. The summed E-state index contributed by atoms with van der Waals surface area (Å²) in [7, 11) is -4.24. The van der Waals surface area contributed by atoms with E-state index in [0.717, 1.165) is 5.57 Å². The van der Waals surface area contributed by atoms with Gasteiger partial charge in [0.2, 0.25) is 0 Å². The number of rotatable bonds is 8. The fourth-order valence-corrected chi connectivity index (χ4v) is 5.46. The SMILES string of the molecule is CC(C)(C[C@@H]1C[C@@](O)(CO)C[C@@H](O)C1=CCCO[Si](C)(C)C(C)(C)C)[Si](C)(C)O. The van der Waals surface area contributed by atoms with Gasteiger partial charge in [0.05, 0.1) is 18.3 Å². The van der Waals surface area contributed by atoms with Crippen LogP contribution in [0.2, 0.25) is 36.3 Å². The molecule has 0 aromatic rings. The first-order valence-corrected chi connectivity index (χ1v) is 16.8. The summed E-state index contributed by atoms with van der Waals surface area (Å²) >= 11 is 0. The Balaban J connectivity index is 2.99. The van der Waals surface area contributed by atoms with Gasteiger partial charge in [0.15, 0.2) is 16.6 Å². The highest BCUT2D eigenvalue weighted by molar-refractivity contribution is 6.74. The summed E-state index contributed by atoms with van der Waals surface area (Å²) in [5.74, 6) is -0.0716. The molecular formula is C22H46O5Si2. The van der Waals surface area contributed by atoms with Crippen molar-refractivity contribution in [2.45, 2.75) is 108 Å². The lowest BCUT2D eigenvalue weighted by Gasteiger charge is -2.45. The van der Waals surface area contributed by atoms with Crippen LogP contribution in [-0.4, -0.2) is 61.7 Å². The molecule has 1 aliphatic rings. The summed E-state index contributed by atoms with van der Waals surface area (Å²) in [5, 5.41) is 31.0. The second-order valence-electron chi connectivity index (χ2n) is 11.8. The first kappa shape index (κ1) is 27.0. The van der Waals surface area contributed by atoms with Crippen LogP contribution in [0.15, 0.2) is 11.6 Å². The van der Waals surface area contributed by atoms with Gasteiger partial charge in [0.25, 0.3) is 0 Å². The molecule has 0 unspecified atom stereocenters. The molecule has 3 atom stereocenters. The summed E-state index contributed by atoms with van der Waals surface area (Å²) in [5.41, 5.74) is -0.343. The summed E-state index contributed by atoms with van der Waals surface area (Å²) in [6, 6.07) is 0. The Kier molecular flexibility index (Phi) is 8.59. The molecule has 7 heteroatoms. The minimum Gasteiger partial charge on any atom is -0.432 e. The van der Waals surface area contributed by atoms with Crippen molar-refractivity contribution in [3.05, 3.63) is 11.6 Å². The standard InChI is InChI=1S/C22H46O5Si2/c1-20(2,3)29(8,9)27-12-10-11-18-17(13-21(4,5)28(6,7)26)14-22(25,16-23)15-19(18)24/h11,17,19,23-26H,10,12-16H2,1-9H3/t17-,19-,22+/m1/s1. The number of aliphatic hydroxyl groups excluding tert-OH is 2. The zero-order valence-corrected chi connectivity index (χ0v) is 22.2. The van der Waals surface area contributed by atoms with E-state index in [0.29, 0.717) is 25.9 Å². The Morgan fingerprint density at radius 1 is 1.10 bits per heavy atom. The normalized spacial score (nSPS) is 28.8. The van der Waals surface area contributed by atoms with Gasteiger partial charge < -0.3 is 24.5 Å². The molecule has 0 bridgehead atoms. The molecule has 0 aliphatic heterocycles. The van der Waals surface area contributed by atoms with Crippen molar-refractivity contribution >= 4 is 16.6 Å². The number of aliphatic hydroxyl groups is 3. The molecule has 0 heterocycles. The molecule has 0 saturated heterocycles. The van der Waals surface area contributed by atoms with Crippen LogP contribution in [0, 0.1) is 5.92 Å². The van der Waals surface area contributed by atoms with E-state index in [2.05, 4.69) is 53.8 Å². The van der Waals surface area contributed by atoms with Crippen LogP contribution in [0.1, 0.15) is 60.3 Å². The quantitative estimate of drug-likeness (QED) is 0.255. The molecule has 1 rings (SSSR count). The van der Waals surface area contributed by atoms with Crippen molar-refractivity contribution in [2.75, 3.05) is 13.2 Å². The van der Waals surface area contributed by atoms with Gasteiger partial charge in [-0.15, -0.1) is 0 Å². The van der Waals surface area contributed by atoms with Crippen molar-refractivity contribution in [2.24, 2.45) is 5.92 Å². The maximum atomic E-state index is 10.8. The molecule has 1 fully saturated rings. The molecule has 1 saturated carbocycles. The van der Waals surface area contributed by atoms with Crippen LogP contribution in [0.5, 0.6) is 0 Å². The Morgan fingerprint density at radius 2 is 1.66 bits per heavy atom. The van der Waals surface area contributed by atoms with Crippen LogP contribution in [0.4, 0.5) is 0 Å². The van der Waals surface area contributed by atoms with Crippen molar-refractivity contribution in [3.8, 4) is 0 Å². The average Bonchev–Trinajstić information content (AvgIpc) is 2.50. The molecule has 0 radical (unpaired) electrons. The molecule has 0 aromatic carbocycles. The van der Waals surface area contributed by atoms with Crippen molar-refractivity contribution in [1.82, 2.24) is 0 Å². The first-order chi connectivity index (χ1) is 12.9. The number of hydrogen-bond acceptors (Lipinski definition) is 5. The topological polar surface area (TPSA) is 90.2 Å². The highest BCUT2D eigenvalue weighted by Crippen LogP contribution is 2.48. The van der Waals surface area contributed by atoms with E-state index in [1.54, 1.807) is 0 Å². The highest BCUT2D eigenvalue weighted by atomic mass is 28.4. The van der Waals surface area contributed by atoms with Gasteiger partial charge in [-0.3, -0.25) is 0 Å². The van der Waals surface area contributed by atoms with Gasteiger partial charge >= 0.3 is 0 Å². The van der Waals surface area contributed by atoms with Gasteiger partial charge in [0, 0.05) is 13.0 Å². The molecule has 29 heavy (non-hydrogen) atoms. The van der Waals surface area contributed by atoms with E-state index in [4.69, 9.17) is 4.43 Å². The Bertz CT molecular complexity index is 575. The molecule has 0 amide bonds. The molecule has 1 aliphatic carbocycles. The first-order valence-electron chi connectivity index (χ1n) is 10.9. The minimum absolute atomic E-state index is 0.0716. The average molecular weight is 447 g/mol. The predicted octanol–water partition coefficient (Wildman–Crippen LogP) is 4.19. The van der Waals surface area contributed by atoms with E-state index in [1.807, 2.05) is 13.1 Å². The predicted molar refractivity (Wildman–Crippen MR) is 125 cm³/mol. The van der Waals surface area contributed by atoms with Gasteiger partial charge in [-0.2, -0.15) is 0 Å². The van der Waals surface area contributed by atoms with Crippen molar-refractivity contribution in [1.29, 1.82) is 0 Å². The largest absolute Gasteiger partial charge is 0.432 e. The van der Waals surface area contributed by atoms with Gasteiger partial charge in [-0.25, -0.2) is 0 Å². The van der Waals surface area contributed by atoms with E-state index in [9.17, 15) is 20.1 Å². The molecule has 4 N–H and O–H groups in total. The zero-order chi connectivity index (χ0) is 22.9. The van der Waals surface area contributed by atoms with Crippen LogP contribution < -0.4 is 0 Å². The molecule has 5 nitrogen and oxygen atoms in total. The summed E-state index contributed by atoms with van der Waals surface area (Å²) in [6.07, 6.45) is 3.24. The molecule has 0 spiro atoms. The zero-order valence-electron chi connectivity index (χ0n) is 20.2. The third-order valence-corrected chi connectivity index (χ3v) is 15.6. The van der Waals surface area contributed by atoms with E-state index in [-0.39, 0.29) is 29.0 Å². The fraction of sp³-hybridized carbons (Fsp3) is 0.909. The Hall–Kier alpha value is -0.0262. The van der Waals surface area contributed by atoms with Crippen LogP contribution in [0.3, 0.4) is 0 Å². The lowest BCUT2D eigenvalue weighted by molar-refractivity contribution is -0.0769. The minimum atomic E-state index is -2.43. The highest BCUT2D eigenvalue weighted by Gasteiger charge is 2.46. The van der Waals surface area contributed by atoms with Crippen molar-refractivity contribution < 1.29 is 24.5 Å². The van der Waals surface area contributed by atoms with Gasteiger partial charge in [-0.1, -0.05) is 40.7 Å². The maximum Gasteiger partial charge on any atom is 0.191 e.